The van der Waals surface area contributed by atoms with Gasteiger partial charge in [-0.3, -0.25) is 4.79 Å². The number of carbonyl (C=O) groups is 1. The first-order chi connectivity index (χ1) is 12.6. The number of likely N-dealkylation sites (N-methyl/N-ethyl adjacent to an activating group) is 1. The van der Waals surface area contributed by atoms with Gasteiger partial charge in [0.15, 0.2) is 11.5 Å². The number of hydrogen-bond donors (Lipinski definition) is 0. The van der Waals surface area contributed by atoms with Crippen LogP contribution in [-0.2, 0) is 10.2 Å². The molecule has 5 heteroatoms. The number of fused-ring (bicyclic) bond motifs is 1. The molecule has 1 aliphatic rings. The first-order valence-corrected chi connectivity index (χ1v) is 8.34. The van der Waals surface area contributed by atoms with Crippen LogP contribution in [0.25, 0.3) is 0 Å². The molecule has 1 amide bonds. The highest BCUT2D eigenvalue weighted by molar-refractivity contribution is 6.11. The summed E-state index contributed by atoms with van der Waals surface area (Å²) in [6, 6.07) is 11.3. The zero-order valence-electron chi connectivity index (χ0n) is 15.5. The van der Waals surface area contributed by atoms with E-state index in [-0.39, 0.29) is 5.91 Å². The van der Waals surface area contributed by atoms with Crippen molar-refractivity contribution in [3.63, 3.8) is 0 Å². The summed E-state index contributed by atoms with van der Waals surface area (Å²) in [6.45, 7) is 3.90. The molecule has 1 heterocycles. The predicted molar refractivity (Wildman–Crippen MR) is 102 cm³/mol. The minimum absolute atomic E-state index is 0.0524. The summed E-state index contributed by atoms with van der Waals surface area (Å²) in [5, 5.41) is 0. The zero-order chi connectivity index (χ0) is 18.9. The Labute approximate surface area is 153 Å². The van der Waals surface area contributed by atoms with Gasteiger partial charge in [0.05, 0.1) is 26.9 Å². The molecule has 0 fully saturated rings. The molecule has 136 valence electrons. The van der Waals surface area contributed by atoms with Crippen LogP contribution in [0, 0.1) is 0 Å². The van der Waals surface area contributed by atoms with Crippen molar-refractivity contribution in [2.45, 2.75) is 11.8 Å². The van der Waals surface area contributed by atoms with Crippen LogP contribution in [0.15, 0.2) is 49.1 Å². The van der Waals surface area contributed by atoms with E-state index < -0.39 is 5.41 Å². The number of methoxy groups -OCH3 is 3. The Balaban J connectivity index is 2.45. The van der Waals surface area contributed by atoms with Gasteiger partial charge < -0.3 is 19.1 Å². The molecule has 2 aromatic rings. The lowest BCUT2D eigenvalue weighted by atomic mass is 9.72. The normalized spacial score (nSPS) is 18.5. The Morgan fingerprint density at radius 1 is 1.04 bits per heavy atom. The topological polar surface area (TPSA) is 48.0 Å². The van der Waals surface area contributed by atoms with Crippen LogP contribution in [0.2, 0.25) is 0 Å². The molecule has 1 atom stereocenters. The second-order valence-electron chi connectivity index (χ2n) is 6.16. The number of carbonyl (C=O) groups excluding carboxylic acids is 1. The van der Waals surface area contributed by atoms with Crippen molar-refractivity contribution in [1.29, 1.82) is 0 Å². The van der Waals surface area contributed by atoms with Crippen molar-refractivity contribution in [3.05, 3.63) is 60.2 Å². The average molecular weight is 353 g/mol. The maximum atomic E-state index is 13.5. The number of benzene rings is 2. The minimum Gasteiger partial charge on any atom is -0.496 e. The molecule has 0 spiro atoms. The largest absolute Gasteiger partial charge is 0.496 e. The van der Waals surface area contributed by atoms with E-state index in [2.05, 4.69) is 6.58 Å². The van der Waals surface area contributed by atoms with Gasteiger partial charge in [-0.05, 0) is 30.2 Å². The van der Waals surface area contributed by atoms with Crippen LogP contribution in [0.1, 0.15) is 17.5 Å². The molecule has 1 aliphatic heterocycles. The lowest BCUT2D eigenvalue weighted by molar-refractivity contribution is -0.121. The molecule has 0 saturated carbocycles. The van der Waals surface area contributed by atoms with Gasteiger partial charge in [0, 0.05) is 12.7 Å². The number of rotatable bonds is 6. The first-order valence-electron chi connectivity index (χ1n) is 8.34. The Morgan fingerprint density at radius 3 is 2.31 bits per heavy atom. The summed E-state index contributed by atoms with van der Waals surface area (Å²) in [5.41, 5.74) is 1.44. The van der Waals surface area contributed by atoms with Crippen LogP contribution >= 0.6 is 0 Å². The van der Waals surface area contributed by atoms with Gasteiger partial charge in [-0.2, -0.15) is 0 Å². The van der Waals surface area contributed by atoms with E-state index in [1.54, 1.807) is 51.5 Å². The molecular weight excluding hydrogens is 330 g/mol. The smallest absolute Gasteiger partial charge is 0.242 e. The molecule has 0 saturated heterocycles. The summed E-state index contributed by atoms with van der Waals surface area (Å²) >= 11 is 0. The van der Waals surface area contributed by atoms with Gasteiger partial charge in [-0.1, -0.05) is 24.3 Å². The fraction of sp³-hybridized carbons (Fsp3) is 0.286. The number of hydrogen-bond acceptors (Lipinski definition) is 4. The third-order valence-electron chi connectivity index (χ3n) is 5.00. The Bertz CT molecular complexity index is 861. The van der Waals surface area contributed by atoms with Crippen LogP contribution in [0.4, 0.5) is 5.69 Å². The Kier molecular flexibility index (Phi) is 4.64. The summed E-state index contributed by atoms with van der Waals surface area (Å²) in [5.74, 6) is 1.56. The number of amides is 1. The lowest BCUT2D eigenvalue weighted by Gasteiger charge is -2.31. The second kappa shape index (κ2) is 6.75. The average Bonchev–Trinajstić information content (AvgIpc) is 2.89. The standard InChI is InChI=1S/C21H23NO4/c1-6-13-21(14-9-7-8-10-15(14)22(2)20(21)23)18-16(24-3)11-12-17(25-4)19(18)26-5/h6-12H,1,13H2,2-5H3/t21-/m1/s1. The van der Waals surface area contributed by atoms with E-state index >= 15 is 0 Å². The molecule has 0 aromatic heterocycles. The highest BCUT2D eigenvalue weighted by Gasteiger charge is 2.53. The molecule has 5 nitrogen and oxygen atoms in total. The van der Waals surface area contributed by atoms with Gasteiger partial charge in [-0.15, -0.1) is 6.58 Å². The highest BCUT2D eigenvalue weighted by Crippen LogP contribution is 2.55. The van der Waals surface area contributed by atoms with Crippen LogP contribution in [-0.4, -0.2) is 34.3 Å². The molecule has 0 bridgehead atoms. The number of nitrogens with zero attached hydrogens (tertiary/aromatic N) is 1. The lowest BCUT2D eigenvalue weighted by Crippen LogP contribution is -2.40. The molecule has 0 unspecified atom stereocenters. The quantitative estimate of drug-likeness (QED) is 0.745. The zero-order valence-corrected chi connectivity index (χ0v) is 15.5. The van der Waals surface area contributed by atoms with E-state index in [0.29, 0.717) is 29.2 Å². The van der Waals surface area contributed by atoms with Crippen LogP contribution < -0.4 is 19.1 Å². The van der Waals surface area contributed by atoms with Crippen molar-refractivity contribution in [3.8, 4) is 17.2 Å². The van der Waals surface area contributed by atoms with Crippen molar-refractivity contribution >= 4 is 11.6 Å². The SMILES string of the molecule is C=CC[C@@]1(c2c(OC)ccc(OC)c2OC)C(=O)N(C)c2ccccc21. The number of ether oxygens (including phenoxy) is 3. The summed E-state index contributed by atoms with van der Waals surface area (Å²) in [6.07, 6.45) is 2.17. The molecule has 0 aliphatic carbocycles. The molecule has 0 radical (unpaired) electrons. The number of allylic oxidation sites excluding steroid dienone is 1. The fourth-order valence-corrected chi connectivity index (χ4v) is 3.88. The monoisotopic (exact) mass is 353 g/mol. The van der Waals surface area contributed by atoms with E-state index in [1.165, 1.54) is 0 Å². The predicted octanol–water partition coefficient (Wildman–Crippen LogP) is 3.55. The molecule has 2 aromatic carbocycles. The Morgan fingerprint density at radius 2 is 1.69 bits per heavy atom. The van der Waals surface area contributed by atoms with E-state index in [9.17, 15) is 4.79 Å². The van der Waals surface area contributed by atoms with Gasteiger partial charge in [0.2, 0.25) is 5.91 Å². The van der Waals surface area contributed by atoms with Crippen molar-refractivity contribution in [2.75, 3.05) is 33.3 Å². The Hall–Kier alpha value is -2.95. The van der Waals surface area contributed by atoms with Crippen LogP contribution in [0.5, 0.6) is 17.2 Å². The van der Waals surface area contributed by atoms with Gasteiger partial charge in [0.1, 0.15) is 11.2 Å². The molecule has 26 heavy (non-hydrogen) atoms. The maximum absolute atomic E-state index is 13.5. The number of para-hydroxylation sites is 1. The third-order valence-corrected chi connectivity index (χ3v) is 5.00. The van der Waals surface area contributed by atoms with Crippen molar-refractivity contribution in [1.82, 2.24) is 0 Å². The highest BCUT2D eigenvalue weighted by atomic mass is 16.5. The molecule has 0 N–H and O–H groups in total. The van der Waals surface area contributed by atoms with Gasteiger partial charge in [0.25, 0.3) is 0 Å². The molecule has 3 rings (SSSR count). The van der Waals surface area contributed by atoms with E-state index in [0.717, 1.165) is 11.3 Å². The van der Waals surface area contributed by atoms with Gasteiger partial charge >= 0.3 is 0 Å². The summed E-state index contributed by atoms with van der Waals surface area (Å²) in [7, 11) is 6.51. The van der Waals surface area contributed by atoms with E-state index in [4.69, 9.17) is 14.2 Å². The fourth-order valence-electron chi connectivity index (χ4n) is 3.88. The summed E-state index contributed by atoms with van der Waals surface area (Å²) in [4.78, 5) is 15.2. The first kappa shape index (κ1) is 17.9. The number of anilines is 1. The molecular formula is C21H23NO4. The van der Waals surface area contributed by atoms with Crippen molar-refractivity contribution in [2.24, 2.45) is 0 Å². The van der Waals surface area contributed by atoms with Crippen molar-refractivity contribution < 1.29 is 19.0 Å². The van der Waals surface area contributed by atoms with Gasteiger partial charge in [-0.25, -0.2) is 0 Å². The summed E-state index contributed by atoms with van der Waals surface area (Å²) < 4.78 is 16.8. The van der Waals surface area contributed by atoms with E-state index in [1.807, 2.05) is 24.3 Å². The second-order valence-corrected chi connectivity index (χ2v) is 6.16. The van der Waals surface area contributed by atoms with Crippen LogP contribution in [0.3, 0.4) is 0 Å². The minimum atomic E-state index is -0.988. The maximum Gasteiger partial charge on any atom is 0.242 e. The third kappa shape index (κ3) is 2.27.